The molecule has 3 fully saturated rings. The van der Waals surface area contributed by atoms with Crippen molar-refractivity contribution in [3.8, 4) is 0 Å². The van der Waals surface area contributed by atoms with Crippen LogP contribution in [0.2, 0.25) is 0 Å². The Morgan fingerprint density at radius 1 is 1.15 bits per heavy atom. The second-order valence-corrected chi connectivity index (χ2v) is 8.35. The van der Waals surface area contributed by atoms with Gasteiger partial charge in [0, 0.05) is 51.4 Å². The zero-order valence-corrected chi connectivity index (χ0v) is 16.1. The number of rotatable bonds is 4. The standard InChI is InChI=1S/C21H31N3O3/c1-15(25)22-19-4-2-16(3-5-19)12-23-13-17-10-20(21(26)11-18(17)14-23)24-6-8-27-9-7-24/h2-5,17-18,20-21,26H,6-14H2,1H3,(H,22,25)/t17-,18+,20-,21-/m1/s1. The van der Waals surface area contributed by atoms with Crippen LogP contribution in [0.4, 0.5) is 5.69 Å². The SMILES string of the molecule is CC(=O)Nc1ccc(CN2C[C@H]3C[C@@H](N4CCOCC4)[C@H](O)C[C@H]3C2)cc1. The first-order chi connectivity index (χ1) is 13.1. The average Bonchev–Trinajstić information content (AvgIpc) is 3.04. The lowest BCUT2D eigenvalue weighted by molar-refractivity contribution is -0.114. The summed E-state index contributed by atoms with van der Waals surface area (Å²) in [7, 11) is 0. The van der Waals surface area contributed by atoms with Crippen LogP contribution in [0.3, 0.4) is 0 Å². The van der Waals surface area contributed by atoms with Crippen LogP contribution in [0.15, 0.2) is 24.3 Å². The molecule has 1 saturated carbocycles. The zero-order valence-electron chi connectivity index (χ0n) is 16.1. The molecule has 148 valence electrons. The van der Waals surface area contributed by atoms with E-state index in [2.05, 4.69) is 27.2 Å². The number of aliphatic hydroxyl groups is 1. The number of benzene rings is 1. The van der Waals surface area contributed by atoms with Crippen LogP contribution in [0.25, 0.3) is 0 Å². The molecule has 1 aromatic rings. The number of hydrogen-bond donors (Lipinski definition) is 2. The molecule has 2 heterocycles. The maximum absolute atomic E-state index is 11.1. The van der Waals surface area contributed by atoms with Crippen LogP contribution >= 0.6 is 0 Å². The average molecular weight is 373 g/mol. The molecule has 3 aliphatic rings. The Balaban J connectivity index is 1.33. The van der Waals surface area contributed by atoms with Crippen molar-refractivity contribution in [2.75, 3.05) is 44.7 Å². The highest BCUT2D eigenvalue weighted by molar-refractivity contribution is 5.88. The number of morpholine rings is 1. The molecule has 4 atom stereocenters. The predicted molar refractivity (Wildman–Crippen MR) is 104 cm³/mol. The quantitative estimate of drug-likeness (QED) is 0.838. The van der Waals surface area contributed by atoms with Crippen LogP contribution < -0.4 is 5.32 Å². The molecule has 1 aromatic carbocycles. The minimum absolute atomic E-state index is 0.0419. The highest BCUT2D eigenvalue weighted by Crippen LogP contribution is 2.39. The molecule has 2 N–H and O–H groups in total. The van der Waals surface area contributed by atoms with Crippen LogP contribution in [-0.4, -0.2) is 72.4 Å². The van der Waals surface area contributed by atoms with E-state index >= 15 is 0 Å². The molecule has 0 aromatic heterocycles. The number of likely N-dealkylation sites (tertiary alicyclic amines) is 1. The lowest BCUT2D eigenvalue weighted by atomic mass is 9.77. The molecule has 2 aliphatic heterocycles. The summed E-state index contributed by atoms with van der Waals surface area (Å²) in [6, 6.07) is 8.43. The fraction of sp³-hybridized carbons (Fsp3) is 0.667. The van der Waals surface area contributed by atoms with Gasteiger partial charge in [-0.15, -0.1) is 0 Å². The van der Waals surface area contributed by atoms with Crippen molar-refractivity contribution >= 4 is 11.6 Å². The Hall–Kier alpha value is -1.47. The number of nitrogens with zero attached hydrogens (tertiary/aromatic N) is 2. The Labute approximate surface area is 161 Å². The van der Waals surface area contributed by atoms with Gasteiger partial charge in [-0.25, -0.2) is 0 Å². The monoisotopic (exact) mass is 373 g/mol. The molecule has 4 rings (SSSR count). The molecule has 1 aliphatic carbocycles. The fourth-order valence-corrected chi connectivity index (χ4v) is 5.09. The second kappa shape index (κ2) is 8.27. The van der Waals surface area contributed by atoms with Crippen molar-refractivity contribution in [3.63, 3.8) is 0 Å². The largest absolute Gasteiger partial charge is 0.391 e. The fourth-order valence-electron chi connectivity index (χ4n) is 5.09. The molecule has 1 amide bonds. The third kappa shape index (κ3) is 4.51. The molecule has 6 heteroatoms. The number of hydrogen-bond acceptors (Lipinski definition) is 5. The van der Waals surface area contributed by atoms with Crippen LogP contribution in [-0.2, 0) is 16.1 Å². The predicted octanol–water partition coefficient (Wildman–Crippen LogP) is 1.55. The van der Waals surface area contributed by atoms with Gasteiger partial charge in [0.15, 0.2) is 0 Å². The van der Waals surface area contributed by atoms with Gasteiger partial charge in [-0.2, -0.15) is 0 Å². The number of fused-ring (bicyclic) bond motifs is 1. The molecule has 6 nitrogen and oxygen atoms in total. The summed E-state index contributed by atoms with van der Waals surface area (Å²) in [6.45, 7) is 8.13. The molecular weight excluding hydrogens is 342 g/mol. The maximum Gasteiger partial charge on any atom is 0.221 e. The van der Waals surface area contributed by atoms with Gasteiger partial charge in [0.05, 0.1) is 19.3 Å². The minimum atomic E-state index is -0.207. The first-order valence-corrected chi connectivity index (χ1v) is 10.2. The second-order valence-electron chi connectivity index (χ2n) is 8.35. The van der Waals surface area contributed by atoms with Crippen LogP contribution in [0.5, 0.6) is 0 Å². The molecule has 0 radical (unpaired) electrons. The van der Waals surface area contributed by atoms with E-state index in [1.807, 2.05) is 12.1 Å². The number of anilines is 1. The smallest absolute Gasteiger partial charge is 0.221 e. The van der Waals surface area contributed by atoms with E-state index in [-0.39, 0.29) is 12.0 Å². The van der Waals surface area contributed by atoms with E-state index in [1.54, 1.807) is 0 Å². The van der Waals surface area contributed by atoms with Gasteiger partial charge in [-0.3, -0.25) is 14.6 Å². The summed E-state index contributed by atoms with van der Waals surface area (Å²) in [4.78, 5) is 16.1. The number of amides is 1. The van der Waals surface area contributed by atoms with Gasteiger partial charge in [-0.05, 0) is 42.4 Å². The molecule has 0 unspecified atom stereocenters. The Bertz CT molecular complexity index is 645. The molecule has 2 saturated heterocycles. The number of nitrogens with one attached hydrogen (secondary N) is 1. The van der Waals surface area contributed by atoms with E-state index in [9.17, 15) is 9.90 Å². The number of ether oxygens (including phenoxy) is 1. The lowest BCUT2D eigenvalue weighted by Gasteiger charge is -2.43. The zero-order chi connectivity index (χ0) is 18.8. The van der Waals surface area contributed by atoms with E-state index < -0.39 is 0 Å². The molecule has 27 heavy (non-hydrogen) atoms. The van der Waals surface area contributed by atoms with E-state index in [0.29, 0.717) is 17.9 Å². The Morgan fingerprint density at radius 3 is 2.48 bits per heavy atom. The van der Waals surface area contributed by atoms with Crippen LogP contribution in [0, 0.1) is 11.8 Å². The summed E-state index contributed by atoms with van der Waals surface area (Å²) in [5.41, 5.74) is 2.12. The summed E-state index contributed by atoms with van der Waals surface area (Å²) in [6.07, 6.45) is 1.82. The summed E-state index contributed by atoms with van der Waals surface area (Å²) >= 11 is 0. The first-order valence-electron chi connectivity index (χ1n) is 10.2. The molecule has 0 spiro atoms. The molecule has 0 bridgehead atoms. The van der Waals surface area contributed by atoms with E-state index in [0.717, 1.165) is 64.5 Å². The number of carbonyl (C=O) groups is 1. The van der Waals surface area contributed by atoms with Gasteiger partial charge in [-0.1, -0.05) is 12.1 Å². The Morgan fingerprint density at radius 2 is 1.81 bits per heavy atom. The third-order valence-corrected chi connectivity index (χ3v) is 6.38. The van der Waals surface area contributed by atoms with Crippen LogP contribution in [0.1, 0.15) is 25.3 Å². The highest BCUT2D eigenvalue weighted by atomic mass is 16.5. The Kier molecular flexibility index (Phi) is 5.78. The third-order valence-electron chi connectivity index (χ3n) is 6.38. The first kappa shape index (κ1) is 18.9. The van der Waals surface area contributed by atoms with Crippen molar-refractivity contribution in [2.24, 2.45) is 11.8 Å². The van der Waals surface area contributed by atoms with Gasteiger partial charge in [0.1, 0.15) is 0 Å². The van der Waals surface area contributed by atoms with Gasteiger partial charge in [0.25, 0.3) is 0 Å². The van der Waals surface area contributed by atoms with Gasteiger partial charge >= 0.3 is 0 Å². The van der Waals surface area contributed by atoms with Crippen molar-refractivity contribution in [2.45, 2.75) is 38.5 Å². The van der Waals surface area contributed by atoms with Gasteiger partial charge in [0.2, 0.25) is 5.91 Å². The lowest BCUT2D eigenvalue weighted by Crippen LogP contribution is -2.53. The van der Waals surface area contributed by atoms with Crippen molar-refractivity contribution in [1.82, 2.24) is 9.80 Å². The number of carbonyl (C=O) groups excluding carboxylic acids is 1. The molecular formula is C21H31N3O3. The van der Waals surface area contributed by atoms with Gasteiger partial charge < -0.3 is 15.2 Å². The normalized spacial score (nSPS) is 32.2. The van der Waals surface area contributed by atoms with Crippen molar-refractivity contribution in [3.05, 3.63) is 29.8 Å². The minimum Gasteiger partial charge on any atom is -0.391 e. The topological polar surface area (TPSA) is 65.0 Å². The van der Waals surface area contributed by atoms with Crippen molar-refractivity contribution < 1.29 is 14.6 Å². The summed E-state index contributed by atoms with van der Waals surface area (Å²) in [5, 5.41) is 13.5. The van der Waals surface area contributed by atoms with Crippen molar-refractivity contribution in [1.29, 1.82) is 0 Å². The van der Waals surface area contributed by atoms with E-state index in [4.69, 9.17) is 4.74 Å². The number of aliphatic hydroxyl groups excluding tert-OH is 1. The summed E-state index contributed by atoms with van der Waals surface area (Å²) in [5.74, 6) is 1.25. The maximum atomic E-state index is 11.1. The van der Waals surface area contributed by atoms with E-state index in [1.165, 1.54) is 12.5 Å². The summed E-state index contributed by atoms with van der Waals surface area (Å²) < 4.78 is 5.47. The highest BCUT2D eigenvalue weighted by Gasteiger charge is 2.43.